The van der Waals surface area contributed by atoms with Gasteiger partial charge in [-0.1, -0.05) is 18.2 Å². The summed E-state index contributed by atoms with van der Waals surface area (Å²) in [4.78, 5) is 31.6. The minimum absolute atomic E-state index is 0.224. The van der Waals surface area contributed by atoms with Gasteiger partial charge in [-0.3, -0.25) is 25.0 Å². The molecule has 112 valence electrons. The molecule has 0 spiro atoms. The number of rotatable bonds is 5. The fourth-order valence-electron chi connectivity index (χ4n) is 1.74. The van der Waals surface area contributed by atoms with Gasteiger partial charge >= 0.3 is 5.69 Å². The summed E-state index contributed by atoms with van der Waals surface area (Å²) >= 11 is 0. The second-order valence-corrected chi connectivity index (χ2v) is 4.14. The molecule has 22 heavy (non-hydrogen) atoms. The third kappa shape index (κ3) is 2.98. The van der Waals surface area contributed by atoms with Gasteiger partial charge in [0.05, 0.1) is 21.5 Å². The van der Waals surface area contributed by atoms with Crippen molar-refractivity contribution in [2.45, 2.75) is 0 Å². The monoisotopic (exact) mass is 303 g/mol. The van der Waals surface area contributed by atoms with E-state index >= 15 is 0 Å². The lowest BCUT2D eigenvalue weighted by atomic mass is 10.1. The van der Waals surface area contributed by atoms with Crippen LogP contribution >= 0.6 is 0 Å². The number of carbonyl (C=O) groups is 1. The molecule has 2 rings (SSSR count). The number of hydrogen-bond donors (Lipinski definition) is 1. The molecular weight excluding hydrogens is 294 g/mol. The zero-order valence-corrected chi connectivity index (χ0v) is 11.0. The molecule has 0 atom stereocenters. The number of nitrogens with zero attached hydrogens (tertiary/aromatic N) is 2. The normalized spacial score (nSPS) is 10.0. The van der Waals surface area contributed by atoms with Crippen molar-refractivity contribution in [3.63, 3.8) is 0 Å². The van der Waals surface area contributed by atoms with Crippen LogP contribution in [-0.2, 0) is 0 Å². The van der Waals surface area contributed by atoms with Crippen LogP contribution in [0.5, 0.6) is 11.5 Å². The third-order valence-corrected chi connectivity index (χ3v) is 2.69. The summed E-state index contributed by atoms with van der Waals surface area (Å²) < 4.78 is 5.33. The third-order valence-electron chi connectivity index (χ3n) is 2.69. The Kier molecular flexibility index (Phi) is 3.98. The molecule has 0 aliphatic rings. The van der Waals surface area contributed by atoms with Gasteiger partial charge in [-0.2, -0.15) is 0 Å². The van der Waals surface area contributed by atoms with Crippen molar-refractivity contribution < 1.29 is 19.4 Å². The second kappa shape index (κ2) is 5.87. The van der Waals surface area contributed by atoms with E-state index in [0.29, 0.717) is 6.07 Å². The molecule has 2 aromatic rings. The Morgan fingerprint density at radius 1 is 1.05 bits per heavy atom. The zero-order valence-electron chi connectivity index (χ0n) is 11.0. The zero-order chi connectivity index (χ0) is 16.3. The van der Waals surface area contributed by atoms with E-state index in [2.05, 4.69) is 0 Å². The maximum absolute atomic E-state index is 11.5. The molecule has 0 saturated carbocycles. The van der Waals surface area contributed by atoms with Crippen molar-refractivity contribution in [1.29, 1.82) is 0 Å². The number of benzene rings is 2. The maximum Gasteiger partial charge on any atom is 0.319 e. The van der Waals surface area contributed by atoms with Crippen LogP contribution in [0.25, 0.3) is 0 Å². The molecule has 0 aliphatic carbocycles. The highest BCUT2D eigenvalue weighted by atomic mass is 16.6. The number of primary amides is 1. The minimum atomic E-state index is -1.07. The average molecular weight is 303 g/mol. The SMILES string of the molecule is NC(=O)c1cc([N+](=O)[O-])cc([N+](=O)[O-])c1Oc1ccccc1. The maximum atomic E-state index is 11.5. The predicted octanol–water partition coefficient (Wildman–Crippen LogP) is 2.39. The molecule has 0 saturated heterocycles. The lowest BCUT2D eigenvalue weighted by molar-refractivity contribution is -0.394. The Morgan fingerprint density at radius 2 is 1.68 bits per heavy atom. The van der Waals surface area contributed by atoms with Crippen LogP contribution in [0.4, 0.5) is 11.4 Å². The number of ether oxygens (including phenoxy) is 1. The van der Waals surface area contributed by atoms with Crippen molar-refractivity contribution in [3.05, 3.63) is 68.3 Å². The van der Waals surface area contributed by atoms with Crippen molar-refractivity contribution in [1.82, 2.24) is 0 Å². The summed E-state index contributed by atoms with van der Waals surface area (Å²) in [5, 5.41) is 21.9. The van der Waals surface area contributed by atoms with Gasteiger partial charge in [-0.25, -0.2) is 0 Å². The number of amides is 1. The molecule has 0 unspecified atom stereocenters. The fraction of sp³-hybridized carbons (Fsp3) is 0. The van der Waals surface area contributed by atoms with E-state index in [1.165, 1.54) is 12.1 Å². The van der Waals surface area contributed by atoms with Crippen LogP contribution in [0.2, 0.25) is 0 Å². The first-order chi connectivity index (χ1) is 10.4. The highest BCUT2D eigenvalue weighted by molar-refractivity contribution is 5.98. The number of nitro benzene ring substituents is 2. The Morgan fingerprint density at radius 3 is 2.18 bits per heavy atom. The van der Waals surface area contributed by atoms with Gasteiger partial charge < -0.3 is 10.5 Å². The predicted molar refractivity (Wildman–Crippen MR) is 74.8 cm³/mol. The Bertz CT molecular complexity index is 725. The van der Waals surface area contributed by atoms with Crippen LogP contribution in [0.15, 0.2) is 42.5 Å². The van der Waals surface area contributed by atoms with Crippen molar-refractivity contribution in [3.8, 4) is 11.5 Å². The van der Waals surface area contributed by atoms with Crippen LogP contribution in [0.1, 0.15) is 10.4 Å². The van der Waals surface area contributed by atoms with Crippen LogP contribution < -0.4 is 10.5 Å². The van der Waals surface area contributed by atoms with Gasteiger partial charge in [-0.05, 0) is 12.1 Å². The number of carbonyl (C=O) groups excluding carboxylic acids is 1. The van der Waals surface area contributed by atoms with E-state index < -0.39 is 38.4 Å². The van der Waals surface area contributed by atoms with Crippen LogP contribution in [0, 0.1) is 20.2 Å². The molecule has 2 aromatic carbocycles. The Hall–Kier alpha value is -3.49. The molecule has 0 fully saturated rings. The standard InChI is InChI=1S/C13H9N3O6/c14-13(17)10-6-8(15(18)19)7-11(16(20)21)12(10)22-9-4-2-1-3-5-9/h1-7H,(H2,14,17). The van der Waals surface area contributed by atoms with Gasteiger partial charge in [0, 0.05) is 6.07 Å². The van der Waals surface area contributed by atoms with E-state index in [4.69, 9.17) is 10.5 Å². The first kappa shape index (κ1) is 14.9. The number of hydrogen-bond acceptors (Lipinski definition) is 6. The minimum Gasteiger partial charge on any atom is -0.449 e. The Balaban J connectivity index is 2.66. The number of nitrogens with two attached hydrogens (primary N) is 1. The van der Waals surface area contributed by atoms with Gasteiger partial charge in [0.15, 0.2) is 0 Å². The van der Waals surface area contributed by atoms with Crippen molar-refractivity contribution in [2.75, 3.05) is 0 Å². The fourth-order valence-corrected chi connectivity index (χ4v) is 1.74. The summed E-state index contributed by atoms with van der Waals surface area (Å²) in [5.74, 6) is -1.28. The van der Waals surface area contributed by atoms with Crippen molar-refractivity contribution >= 4 is 17.3 Å². The summed E-state index contributed by atoms with van der Waals surface area (Å²) in [6.07, 6.45) is 0. The number of para-hydroxylation sites is 1. The summed E-state index contributed by atoms with van der Waals surface area (Å²) in [7, 11) is 0. The first-order valence-corrected chi connectivity index (χ1v) is 5.89. The van der Waals surface area contributed by atoms with E-state index in [1.807, 2.05) is 0 Å². The van der Waals surface area contributed by atoms with Crippen molar-refractivity contribution in [2.24, 2.45) is 5.73 Å². The molecular formula is C13H9N3O6. The first-order valence-electron chi connectivity index (χ1n) is 5.89. The average Bonchev–Trinajstić information content (AvgIpc) is 2.47. The van der Waals surface area contributed by atoms with E-state index in [-0.39, 0.29) is 5.75 Å². The van der Waals surface area contributed by atoms with E-state index in [1.54, 1.807) is 18.2 Å². The molecule has 0 radical (unpaired) electrons. The summed E-state index contributed by atoms with van der Waals surface area (Å²) in [5.41, 5.74) is 3.36. The van der Waals surface area contributed by atoms with Gasteiger partial charge in [0.2, 0.25) is 5.75 Å². The number of non-ortho nitro benzene ring substituents is 1. The molecule has 9 nitrogen and oxygen atoms in total. The largest absolute Gasteiger partial charge is 0.449 e. The molecule has 0 aliphatic heterocycles. The molecule has 0 aromatic heterocycles. The van der Waals surface area contributed by atoms with Crippen LogP contribution in [0.3, 0.4) is 0 Å². The number of nitro groups is 2. The smallest absolute Gasteiger partial charge is 0.319 e. The molecule has 0 bridgehead atoms. The molecule has 9 heteroatoms. The quantitative estimate of drug-likeness (QED) is 0.664. The summed E-state index contributed by atoms with van der Waals surface area (Å²) in [6, 6.07) is 9.52. The summed E-state index contributed by atoms with van der Waals surface area (Å²) in [6.45, 7) is 0. The van der Waals surface area contributed by atoms with Gasteiger partial charge in [-0.15, -0.1) is 0 Å². The highest BCUT2D eigenvalue weighted by Crippen LogP contribution is 2.38. The van der Waals surface area contributed by atoms with E-state index in [9.17, 15) is 25.0 Å². The molecule has 0 heterocycles. The van der Waals surface area contributed by atoms with Gasteiger partial charge in [0.1, 0.15) is 5.75 Å². The Labute approximate surface area is 123 Å². The lowest BCUT2D eigenvalue weighted by Crippen LogP contribution is -2.14. The van der Waals surface area contributed by atoms with E-state index in [0.717, 1.165) is 6.07 Å². The second-order valence-electron chi connectivity index (χ2n) is 4.14. The molecule has 1 amide bonds. The van der Waals surface area contributed by atoms with Gasteiger partial charge in [0.25, 0.3) is 11.6 Å². The topological polar surface area (TPSA) is 139 Å². The lowest BCUT2D eigenvalue weighted by Gasteiger charge is -2.09. The van der Waals surface area contributed by atoms with Crippen LogP contribution in [-0.4, -0.2) is 15.8 Å². The molecule has 2 N–H and O–H groups in total. The highest BCUT2D eigenvalue weighted by Gasteiger charge is 2.28.